The first-order valence-electron chi connectivity index (χ1n) is 9.03. The van der Waals surface area contributed by atoms with E-state index in [4.69, 9.17) is 16.6 Å². The number of hydrogen-bond donors (Lipinski definition) is 0. The van der Waals surface area contributed by atoms with E-state index in [2.05, 4.69) is 22.5 Å². The Morgan fingerprint density at radius 3 is 2.31 bits per heavy atom. The molecule has 3 aromatic rings. The smallest absolute Gasteiger partial charge is 0.265 e. The molecule has 6 heteroatoms. The Labute approximate surface area is 188 Å². The normalized spacial score (nSPS) is 13.4. The fourth-order valence-corrected chi connectivity index (χ4v) is 4.15. The maximum Gasteiger partial charge on any atom is 0.265 e. The molecule has 0 atom stereocenters. The Morgan fingerprint density at radius 2 is 1.76 bits per heavy atom. The lowest BCUT2D eigenvalue weighted by Gasteiger charge is -2.13. The molecule has 1 fully saturated rings. The summed E-state index contributed by atoms with van der Waals surface area (Å²) in [7, 11) is 0. The molecule has 2 aromatic carbocycles. The third-order valence-electron chi connectivity index (χ3n) is 4.25. The molecule has 3 nitrogen and oxygen atoms in total. The second kappa shape index (κ2) is 10.1. The molecule has 4 rings (SSSR count). The summed E-state index contributed by atoms with van der Waals surface area (Å²) in [5, 5.41) is 0. The minimum Gasteiger partial charge on any atom is -0.461 e. The zero-order chi connectivity index (χ0) is 20.8. The first-order chi connectivity index (χ1) is 13.9. The number of carbonyl (C=O) groups excluding carboxylic acids is 1. The molecular formula is C23H20BrNO2S2. The van der Waals surface area contributed by atoms with Crippen LogP contribution in [0.25, 0.3) is 11.3 Å². The van der Waals surface area contributed by atoms with E-state index in [9.17, 15) is 4.79 Å². The predicted molar refractivity (Wildman–Crippen MR) is 128 cm³/mol. The zero-order valence-corrected chi connectivity index (χ0v) is 19.1. The number of carbonyl (C=O) groups is 1. The number of aryl methyl sites for hydroxylation is 1. The van der Waals surface area contributed by atoms with E-state index in [1.54, 1.807) is 4.90 Å². The third-order valence-corrected chi connectivity index (χ3v) is 6.07. The number of thioether (sulfide) groups is 1. The van der Waals surface area contributed by atoms with Crippen molar-refractivity contribution in [3.8, 4) is 11.3 Å². The van der Waals surface area contributed by atoms with E-state index in [-0.39, 0.29) is 5.91 Å². The van der Waals surface area contributed by atoms with Crippen molar-refractivity contribution in [1.82, 2.24) is 4.90 Å². The highest BCUT2D eigenvalue weighted by Gasteiger charge is 2.29. The molecule has 0 saturated carbocycles. The van der Waals surface area contributed by atoms with Crippen LogP contribution < -0.4 is 0 Å². The van der Waals surface area contributed by atoms with Gasteiger partial charge in [-0.15, -0.1) is 0 Å². The summed E-state index contributed by atoms with van der Waals surface area (Å²) in [5.74, 6) is 1.81. The van der Waals surface area contributed by atoms with Crippen LogP contribution in [-0.2, 0) is 11.2 Å². The van der Waals surface area contributed by atoms with E-state index in [1.165, 1.54) is 17.3 Å². The molecule has 29 heavy (non-hydrogen) atoms. The van der Waals surface area contributed by atoms with Crippen LogP contribution in [-0.4, -0.2) is 21.7 Å². The Kier molecular flexibility index (Phi) is 7.47. The average molecular weight is 486 g/mol. The van der Waals surface area contributed by atoms with Gasteiger partial charge in [0.15, 0.2) is 0 Å². The Morgan fingerprint density at radius 1 is 1.07 bits per heavy atom. The van der Waals surface area contributed by atoms with Gasteiger partial charge in [-0.1, -0.05) is 89.0 Å². The minimum absolute atomic E-state index is 0.0501. The molecule has 0 spiro atoms. The SMILES string of the molecule is C=C1SC(=S)N(CCc2ccccc2)C1=O.Cc1ccc(-c2ccc(Br)cc2)o1. The molecule has 1 amide bonds. The lowest BCUT2D eigenvalue weighted by Crippen LogP contribution is -2.30. The summed E-state index contributed by atoms with van der Waals surface area (Å²) in [6.45, 7) is 6.25. The summed E-state index contributed by atoms with van der Waals surface area (Å²) in [4.78, 5) is 13.8. The maximum atomic E-state index is 11.7. The fourth-order valence-electron chi connectivity index (χ4n) is 2.72. The zero-order valence-electron chi connectivity index (χ0n) is 15.9. The summed E-state index contributed by atoms with van der Waals surface area (Å²) in [6.07, 6.45) is 0.820. The van der Waals surface area contributed by atoms with Crippen LogP contribution in [0.5, 0.6) is 0 Å². The number of amides is 1. The van der Waals surface area contributed by atoms with E-state index >= 15 is 0 Å². The van der Waals surface area contributed by atoms with Gasteiger partial charge in [0.1, 0.15) is 15.8 Å². The van der Waals surface area contributed by atoms with Crippen molar-refractivity contribution in [2.24, 2.45) is 0 Å². The minimum atomic E-state index is -0.0501. The van der Waals surface area contributed by atoms with Crippen LogP contribution in [0.15, 0.2) is 87.1 Å². The number of halogens is 1. The van der Waals surface area contributed by atoms with Gasteiger partial charge in [-0.3, -0.25) is 9.69 Å². The highest BCUT2D eigenvalue weighted by molar-refractivity contribution is 9.10. The first kappa shape index (κ1) is 21.6. The van der Waals surface area contributed by atoms with Crippen LogP contribution in [0.2, 0.25) is 0 Å². The monoisotopic (exact) mass is 485 g/mol. The van der Waals surface area contributed by atoms with E-state index in [0.717, 1.165) is 28.0 Å². The number of furan rings is 1. The molecule has 1 aliphatic rings. The first-order valence-corrected chi connectivity index (χ1v) is 11.0. The predicted octanol–water partition coefficient (Wildman–Crippen LogP) is 6.62. The molecule has 2 heterocycles. The molecule has 1 aliphatic heterocycles. The second-order valence-corrected chi connectivity index (χ2v) is 9.05. The van der Waals surface area contributed by atoms with Crippen LogP contribution >= 0.6 is 39.9 Å². The molecule has 1 aromatic heterocycles. The highest BCUT2D eigenvalue weighted by atomic mass is 79.9. The molecule has 0 aliphatic carbocycles. The standard InChI is InChI=1S/C12H11NOS2.C11H9BrO/c1-9-11(14)13(12(15)16-9)8-7-10-5-3-2-4-6-10;1-8-2-7-11(13-8)9-3-5-10(12)6-4-9/h2-6H,1,7-8H2;2-7H,1H3. The van der Waals surface area contributed by atoms with Crippen molar-refractivity contribution in [3.05, 3.63) is 94.0 Å². The third kappa shape index (κ3) is 5.92. The van der Waals surface area contributed by atoms with E-state index < -0.39 is 0 Å². The quantitative estimate of drug-likeness (QED) is 0.307. The van der Waals surface area contributed by atoms with Crippen molar-refractivity contribution >= 4 is 50.1 Å². The van der Waals surface area contributed by atoms with Crippen LogP contribution in [0.3, 0.4) is 0 Å². The summed E-state index contributed by atoms with van der Waals surface area (Å²) < 4.78 is 7.19. The number of rotatable bonds is 4. The van der Waals surface area contributed by atoms with Crippen molar-refractivity contribution in [2.45, 2.75) is 13.3 Å². The van der Waals surface area contributed by atoms with Crippen molar-refractivity contribution in [1.29, 1.82) is 0 Å². The Hall–Kier alpha value is -2.15. The lowest BCUT2D eigenvalue weighted by molar-refractivity contribution is -0.122. The molecule has 0 N–H and O–H groups in total. The van der Waals surface area contributed by atoms with Gasteiger partial charge >= 0.3 is 0 Å². The molecule has 0 bridgehead atoms. The largest absolute Gasteiger partial charge is 0.461 e. The fraction of sp³-hybridized carbons (Fsp3) is 0.130. The molecule has 0 radical (unpaired) electrons. The van der Waals surface area contributed by atoms with Gasteiger partial charge in [0, 0.05) is 16.6 Å². The van der Waals surface area contributed by atoms with Crippen LogP contribution in [0, 0.1) is 6.92 Å². The molecular weight excluding hydrogens is 466 g/mol. The number of benzene rings is 2. The van der Waals surface area contributed by atoms with Gasteiger partial charge in [0.25, 0.3) is 5.91 Å². The molecule has 148 valence electrons. The maximum absolute atomic E-state index is 11.7. The summed E-state index contributed by atoms with van der Waals surface area (Å²) in [5.41, 5.74) is 2.32. The van der Waals surface area contributed by atoms with Gasteiger partial charge in [-0.2, -0.15) is 0 Å². The topological polar surface area (TPSA) is 33.5 Å². The van der Waals surface area contributed by atoms with Crippen molar-refractivity contribution < 1.29 is 9.21 Å². The summed E-state index contributed by atoms with van der Waals surface area (Å²) >= 11 is 9.79. The average Bonchev–Trinajstić information content (AvgIpc) is 3.25. The van der Waals surface area contributed by atoms with Gasteiger partial charge < -0.3 is 4.42 Å². The second-order valence-electron chi connectivity index (χ2n) is 6.40. The lowest BCUT2D eigenvalue weighted by atomic mass is 10.1. The molecule has 0 unspecified atom stereocenters. The van der Waals surface area contributed by atoms with Gasteiger partial charge in [0.05, 0.1) is 4.91 Å². The van der Waals surface area contributed by atoms with Crippen LogP contribution in [0.4, 0.5) is 0 Å². The van der Waals surface area contributed by atoms with Crippen molar-refractivity contribution in [2.75, 3.05) is 6.54 Å². The number of thiocarbonyl (C=S) groups is 1. The van der Waals surface area contributed by atoms with Gasteiger partial charge in [-0.25, -0.2) is 0 Å². The number of nitrogens with zero attached hydrogens (tertiary/aromatic N) is 1. The Bertz CT molecular complexity index is 1010. The van der Waals surface area contributed by atoms with Gasteiger partial charge in [0.2, 0.25) is 0 Å². The number of hydrogen-bond acceptors (Lipinski definition) is 4. The Balaban J connectivity index is 0.000000169. The van der Waals surface area contributed by atoms with Crippen LogP contribution in [0.1, 0.15) is 11.3 Å². The van der Waals surface area contributed by atoms with Crippen molar-refractivity contribution in [3.63, 3.8) is 0 Å². The van der Waals surface area contributed by atoms with E-state index in [0.29, 0.717) is 15.8 Å². The van der Waals surface area contributed by atoms with E-state index in [1.807, 2.05) is 73.7 Å². The summed E-state index contributed by atoms with van der Waals surface area (Å²) in [6, 6.07) is 22.1. The highest BCUT2D eigenvalue weighted by Crippen LogP contribution is 2.29. The van der Waals surface area contributed by atoms with Gasteiger partial charge in [-0.05, 0) is 43.2 Å². The molecule has 1 saturated heterocycles.